The molecule has 160 valence electrons. The Morgan fingerprint density at radius 3 is 2.83 bits per heavy atom. The Kier molecular flexibility index (Phi) is 6.61. The van der Waals surface area contributed by atoms with Crippen LogP contribution in [0.15, 0.2) is 29.1 Å². The number of aromatic nitrogens is 2. The highest BCUT2D eigenvalue weighted by molar-refractivity contribution is 7.18. The van der Waals surface area contributed by atoms with Crippen LogP contribution in [-0.2, 0) is 25.8 Å². The van der Waals surface area contributed by atoms with Gasteiger partial charge in [0.2, 0.25) is 0 Å². The van der Waals surface area contributed by atoms with Crippen LogP contribution in [0.3, 0.4) is 0 Å². The zero-order chi connectivity index (χ0) is 21.3. The lowest BCUT2D eigenvalue weighted by Gasteiger charge is -2.20. The van der Waals surface area contributed by atoms with Crippen molar-refractivity contribution >= 4 is 33.2 Å². The highest BCUT2D eigenvalue weighted by atomic mass is 35.5. The van der Waals surface area contributed by atoms with Crippen molar-refractivity contribution in [3.63, 3.8) is 0 Å². The van der Waals surface area contributed by atoms with E-state index in [1.165, 1.54) is 10.4 Å². The Morgan fingerprint density at radius 1 is 1.30 bits per heavy atom. The molecule has 0 saturated heterocycles. The highest BCUT2D eigenvalue weighted by Crippen LogP contribution is 2.36. The second-order valence-corrected chi connectivity index (χ2v) is 9.87. The minimum absolute atomic E-state index is 0.135. The van der Waals surface area contributed by atoms with Crippen molar-refractivity contribution in [2.24, 2.45) is 5.92 Å². The summed E-state index contributed by atoms with van der Waals surface area (Å²) in [6.07, 6.45) is 3.83. The fourth-order valence-corrected chi connectivity index (χ4v) is 6.05. The van der Waals surface area contributed by atoms with Gasteiger partial charge in [-0.25, -0.2) is 4.98 Å². The van der Waals surface area contributed by atoms with E-state index in [4.69, 9.17) is 16.6 Å². The Balaban J connectivity index is 1.80. The summed E-state index contributed by atoms with van der Waals surface area (Å²) in [5.41, 5.74) is 2.48. The van der Waals surface area contributed by atoms with Crippen LogP contribution in [0.2, 0.25) is 5.02 Å². The fourth-order valence-electron chi connectivity index (χ4n) is 4.44. The number of thiophene rings is 1. The van der Waals surface area contributed by atoms with Crippen molar-refractivity contribution in [2.75, 3.05) is 19.6 Å². The van der Waals surface area contributed by atoms with E-state index in [9.17, 15) is 4.79 Å². The topological polar surface area (TPSA) is 38.1 Å². The average molecular weight is 444 g/mol. The second kappa shape index (κ2) is 9.21. The minimum Gasteiger partial charge on any atom is -0.302 e. The van der Waals surface area contributed by atoms with Crippen LogP contribution < -0.4 is 5.56 Å². The molecule has 3 aromatic rings. The average Bonchev–Trinajstić information content (AvgIpc) is 3.08. The smallest absolute Gasteiger partial charge is 0.262 e. The largest absolute Gasteiger partial charge is 0.302 e. The third-order valence-electron chi connectivity index (χ3n) is 6.28. The first-order valence-electron chi connectivity index (χ1n) is 11.0. The van der Waals surface area contributed by atoms with Gasteiger partial charge in [0.15, 0.2) is 0 Å². The summed E-state index contributed by atoms with van der Waals surface area (Å²) in [5.74, 6) is 1.52. The van der Waals surface area contributed by atoms with Crippen molar-refractivity contribution in [1.29, 1.82) is 0 Å². The molecule has 1 aromatic carbocycles. The molecule has 2 aromatic heterocycles. The molecule has 2 heterocycles. The monoisotopic (exact) mass is 443 g/mol. The summed E-state index contributed by atoms with van der Waals surface area (Å²) < 4.78 is 1.92. The molecule has 1 unspecified atom stereocenters. The van der Waals surface area contributed by atoms with Gasteiger partial charge in [0.25, 0.3) is 5.56 Å². The zero-order valence-corrected chi connectivity index (χ0v) is 19.7. The Labute approximate surface area is 187 Å². The van der Waals surface area contributed by atoms with Crippen LogP contribution in [0, 0.1) is 5.92 Å². The van der Waals surface area contributed by atoms with Crippen LogP contribution in [0.5, 0.6) is 0 Å². The van der Waals surface area contributed by atoms with Crippen molar-refractivity contribution in [2.45, 2.75) is 53.0 Å². The van der Waals surface area contributed by atoms with Crippen LogP contribution >= 0.6 is 22.9 Å². The third-order valence-corrected chi connectivity index (χ3v) is 7.66. The lowest BCUT2D eigenvalue weighted by molar-refractivity contribution is 0.287. The molecule has 0 aliphatic heterocycles. The molecule has 4 rings (SSSR count). The number of halogens is 1. The maximum Gasteiger partial charge on any atom is 0.262 e. The molecule has 0 saturated carbocycles. The number of hydrogen-bond acceptors (Lipinski definition) is 4. The maximum absolute atomic E-state index is 13.7. The highest BCUT2D eigenvalue weighted by Gasteiger charge is 2.24. The maximum atomic E-state index is 13.7. The first kappa shape index (κ1) is 21.5. The third kappa shape index (κ3) is 4.34. The number of hydrogen-bond donors (Lipinski definition) is 0. The molecule has 0 spiro atoms. The minimum atomic E-state index is 0.135. The predicted octanol–water partition coefficient (Wildman–Crippen LogP) is 5.17. The number of rotatable bonds is 7. The van der Waals surface area contributed by atoms with Gasteiger partial charge in [0.05, 0.1) is 5.39 Å². The molecule has 4 nitrogen and oxygen atoms in total. The van der Waals surface area contributed by atoms with Crippen molar-refractivity contribution in [1.82, 2.24) is 14.5 Å². The van der Waals surface area contributed by atoms with Gasteiger partial charge in [-0.15, -0.1) is 11.3 Å². The molecule has 0 amide bonds. The molecule has 6 heteroatoms. The van der Waals surface area contributed by atoms with Crippen LogP contribution in [0.4, 0.5) is 0 Å². The second-order valence-electron chi connectivity index (χ2n) is 8.35. The van der Waals surface area contributed by atoms with Crippen LogP contribution in [-0.4, -0.2) is 34.1 Å². The van der Waals surface area contributed by atoms with E-state index in [-0.39, 0.29) is 5.56 Å². The molecular weight excluding hydrogens is 414 g/mol. The van der Waals surface area contributed by atoms with Gasteiger partial charge < -0.3 is 4.90 Å². The fraction of sp³-hybridized carbons (Fsp3) is 0.500. The van der Waals surface area contributed by atoms with Crippen LogP contribution in [0.25, 0.3) is 10.2 Å². The Bertz CT molecular complexity index is 1100. The van der Waals surface area contributed by atoms with E-state index < -0.39 is 0 Å². The van der Waals surface area contributed by atoms with Gasteiger partial charge in [0, 0.05) is 29.4 Å². The van der Waals surface area contributed by atoms with Crippen molar-refractivity contribution in [3.8, 4) is 0 Å². The molecule has 1 atom stereocenters. The number of nitrogens with zero attached hydrogens (tertiary/aromatic N) is 3. The summed E-state index contributed by atoms with van der Waals surface area (Å²) in [7, 11) is 0. The lowest BCUT2D eigenvalue weighted by atomic mass is 9.89. The van der Waals surface area contributed by atoms with Gasteiger partial charge in [-0.3, -0.25) is 9.36 Å². The summed E-state index contributed by atoms with van der Waals surface area (Å²) in [5, 5.41) is 1.59. The van der Waals surface area contributed by atoms with Gasteiger partial charge in [-0.1, -0.05) is 44.5 Å². The van der Waals surface area contributed by atoms with E-state index >= 15 is 0 Å². The summed E-state index contributed by atoms with van der Waals surface area (Å²) in [6, 6.07) is 7.86. The molecule has 0 radical (unpaired) electrons. The molecule has 0 bridgehead atoms. The Hall–Kier alpha value is -1.69. The number of likely N-dealkylation sites (N-methyl/N-ethyl adjacent to an activating group) is 1. The predicted molar refractivity (Wildman–Crippen MR) is 127 cm³/mol. The van der Waals surface area contributed by atoms with E-state index in [2.05, 4.69) is 31.7 Å². The Morgan fingerprint density at radius 2 is 2.10 bits per heavy atom. The zero-order valence-electron chi connectivity index (χ0n) is 18.1. The van der Waals surface area contributed by atoms with Gasteiger partial charge in [0.1, 0.15) is 10.7 Å². The van der Waals surface area contributed by atoms with E-state index in [0.717, 1.165) is 60.5 Å². The van der Waals surface area contributed by atoms with Crippen LogP contribution in [0.1, 0.15) is 49.0 Å². The number of aryl methyl sites for hydroxylation is 1. The number of benzene rings is 1. The lowest BCUT2D eigenvalue weighted by Crippen LogP contribution is -2.33. The van der Waals surface area contributed by atoms with E-state index in [1.54, 1.807) is 11.3 Å². The first-order valence-corrected chi connectivity index (χ1v) is 12.2. The quantitative estimate of drug-likeness (QED) is 0.505. The molecule has 0 N–H and O–H groups in total. The number of fused-ring (bicyclic) bond motifs is 3. The SMILES string of the molecule is CCN(CC)CCn1c(Cc2cccc(Cl)c2)nc2sc3c(c2c1=O)CCC(C)C3. The standard InChI is InChI=1S/C24H30ClN3OS/c1-4-27(5-2)11-12-28-21(15-17-7-6-8-18(25)14-17)26-23-22(24(28)29)19-10-9-16(3)13-20(19)30-23/h6-8,14,16H,4-5,9-13,15H2,1-3H3. The molecule has 1 aliphatic carbocycles. The summed E-state index contributed by atoms with van der Waals surface area (Å²) >= 11 is 7.93. The van der Waals surface area contributed by atoms with E-state index in [1.807, 2.05) is 22.8 Å². The summed E-state index contributed by atoms with van der Waals surface area (Å²) in [6.45, 7) is 10.1. The van der Waals surface area contributed by atoms with Gasteiger partial charge in [-0.2, -0.15) is 0 Å². The molecular formula is C24H30ClN3OS. The van der Waals surface area contributed by atoms with E-state index in [0.29, 0.717) is 23.9 Å². The van der Waals surface area contributed by atoms with Crippen molar-refractivity contribution < 1.29 is 0 Å². The molecule has 30 heavy (non-hydrogen) atoms. The van der Waals surface area contributed by atoms with Crippen molar-refractivity contribution in [3.05, 3.63) is 61.5 Å². The first-order chi connectivity index (χ1) is 14.5. The summed E-state index contributed by atoms with van der Waals surface area (Å²) in [4.78, 5) is 23.4. The molecule has 1 aliphatic rings. The molecule has 0 fully saturated rings. The normalized spacial score (nSPS) is 16.4. The van der Waals surface area contributed by atoms with Gasteiger partial charge >= 0.3 is 0 Å². The van der Waals surface area contributed by atoms with Gasteiger partial charge in [-0.05, 0) is 61.5 Å².